The van der Waals surface area contributed by atoms with Crippen molar-refractivity contribution in [1.29, 1.82) is 0 Å². The summed E-state index contributed by atoms with van der Waals surface area (Å²) in [5.41, 5.74) is 0. The van der Waals surface area contributed by atoms with Gasteiger partial charge >= 0.3 is 71.7 Å². The molecule has 0 saturated heterocycles. The summed E-state index contributed by atoms with van der Waals surface area (Å²) in [5.74, 6) is 1.57. The van der Waals surface area contributed by atoms with Gasteiger partial charge in [0.05, 0.1) is 26.4 Å². The summed E-state index contributed by atoms with van der Waals surface area (Å²) in [7, 11) is 0. The predicted molar refractivity (Wildman–Crippen MR) is 501 cm³/mol. The molecule has 109 heavy (non-hydrogen) atoms. The number of allylic oxidation sites excluding steroid dienone is 8. The van der Waals surface area contributed by atoms with Crippen molar-refractivity contribution in [3.63, 3.8) is 0 Å². The molecule has 0 bridgehead atoms. The Kier molecular flexibility index (Phi) is 145. The molecule has 8 nitrogen and oxygen atoms in total. The number of hydrogen-bond acceptors (Lipinski definition) is 12. The van der Waals surface area contributed by atoms with E-state index in [1.165, 1.54) is 334 Å². The number of carbonyl (C=O) groups excluding carboxylic acids is 4. The summed E-state index contributed by atoms with van der Waals surface area (Å²) in [6.45, 7) is 10.6. The van der Waals surface area contributed by atoms with Crippen LogP contribution < -0.4 is 0 Å². The minimum absolute atomic E-state index is 0. The fourth-order valence-electron chi connectivity index (χ4n) is 12.4. The first kappa shape index (κ1) is 127. The molecule has 0 aliphatic carbocycles. The van der Waals surface area contributed by atoms with Gasteiger partial charge in [0.15, 0.2) is 0 Å². The molecule has 0 aromatic heterocycles. The standard InChI is InChI=1S/4C23H44O2S.2CH4.H2S.2Sn/c4*1-2-3-4-5-6-7-8-9-10-11-12-13-14-15-16-17-18-19-20-23(24)25-21-22-26;;;;;/h4*15-16,26H,2-14,17-22H2,1H3;2*1H4;1H2;;/q;;;;;;;2*+2/p-4/b4*16-15+;;;;;. The van der Waals surface area contributed by atoms with Gasteiger partial charge < -0.3 is 69.5 Å². The fourth-order valence-corrected chi connectivity index (χ4v) is 12.7. The molecular weight excluding hydrogens is 1650 g/mol. The second kappa shape index (κ2) is 124. The van der Waals surface area contributed by atoms with Gasteiger partial charge in [0.25, 0.3) is 0 Å². The molecule has 0 saturated carbocycles. The van der Waals surface area contributed by atoms with E-state index in [1.807, 2.05) is 0 Å². The van der Waals surface area contributed by atoms with Crippen molar-refractivity contribution in [3.05, 3.63) is 48.6 Å². The molecule has 0 aromatic carbocycles. The third-order valence-corrected chi connectivity index (χ3v) is 19.6. The monoisotopic (exact) mass is 1840 g/mol. The fraction of sp³-hybridized carbons (Fsp3) is 0.872. The Balaban J connectivity index is -0.000000172. The van der Waals surface area contributed by atoms with Crippen LogP contribution >= 0.6 is 13.5 Å². The summed E-state index contributed by atoms with van der Waals surface area (Å²) in [6, 6.07) is 0. The van der Waals surface area contributed by atoms with Gasteiger partial charge in [-0.25, -0.2) is 0 Å². The molecule has 0 fully saturated rings. The Bertz CT molecular complexity index is 1530. The molecular formula is C94H182O8S5Sn2. The predicted octanol–water partition coefficient (Wildman–Crippen LogP) is 29.8. The SMILES string of the molecule is C.C.CCCCCCCCCCCCCC/C=C/CCCCC(=O)OCC[S-].CCCCCCCCCCCCCC/C=C/CCCCC(=O)OCC[S-].CCCCCCCCCCCCCC/C=C/CCCCC(=O)OCC[S-].CCCCCCCCCCCCCC/C=C/CCCCC(=O)OCC[S-].S.[Sn+2].[Sn+2]. The van der Waals surface area contributed by atoms with E-state index in [0.717, 1.165) is 77.0 Å². The van der Waals surface area contributed by atoms with Crippen molar-refractivity contribution in [2.24, 2.45) is 0 Å². The molecule has 15 heteroatoms. The summed E-state index contributed by atoms with van der Waals surface area (Å²) in [5, 5.41) is 0. The van der Waals surface area contributed by atoms with E-state index >= 15 is 0 Å². The van der Waals surface area contributed by atoms with E-state index in [2.05, 4.69) is 76.3 Å². The third-order valence-electron chi connectivity index (χ3n) is 19.0. The van der Waals surface area contributed by atoms with Crippen LogP contribution in [0.2, 0.25) is 0 Å². The van der Waals surface area contributed by atoms with Crippen LogP contribution in [0.4, 0.5) is 0 Å². The molecule has 0 spiro atoms. The van der Waals surface area contributed by atoms with Crippen molar-refractivity contribution in [3.8, 4) is 0 Å². The maximum absolute atomic E-state index is 11.3. The summed E-state index contributed by atoms with van der Waals surface area (Å²) >= 11 is 19.0. The molecule has 4 radical (unpaired) electrons. The van der Waals surface area contributed by atoms with Gasteiger partial charge in [0, 0.05) is 25.7 Å². The smallest absolute Gasteiger partial charge is 0.789 e. The molecule has 644 valence electrons. The van der Waals surface area contributed by atoms with Gasteiger partial charge in [-0.15, -0.1) is 23.0 Å². The maximum Gasteiger partial charge on any atom is 2.00 e. The van der Waals surface area contributed by atoms with Crippen LogP contribution in [0.5, 0.6) is 0 Å². The Morgan fingerprint density at radius 3 is 0.431 bits per heavy atom. The maximum atomic E-state index is 11.3. The van der Waals surface area contributed by atoms with Crippen LogP contribution in [0, 0.1) is 0 Å². The van der Waals surface area contributed by atoms with E-state index in [-0.39, 0.29) is 100 Å². The van der Waals surface area contributed by atoms with Gasteiger partial charge in [-0.05, 0) is 128 Å². The second-order valence-corrected chi connectivity index (χ2v) is 30.9. The Labute approximate surface area is 744 Å². The van der Waals surface area contributed by atoms with Crippen molar-refractivity contribution in [2.45, 2.75) is 479 Å². The molecule has 0 atom stereocenters. The Morgan fingerprint density at radius 1 is 0.202 bits per heavy atom. The molecule has 0 unspecified atom stereocenters. The van der Waals surface area contributed by atoms with Gasteiger partial charge in [0.1, 0.15) is 0 Å². The molecule has 0 aromatic rings. The molecule has 0 heterocycles. The molecule has 0 aliphatic rings. The van der Waals surface area contributed by atoms with Crippen molar-refractivity contribution >= 4 is 136 Å². The average Bonchev–Trinajstić information content (AvgIpc) is 2.78. The number of unbranched alkanes of at least 4 members (excludes halogenated alkanes) is 56. The van der Waals surface area contributed by atoms with Gasteiger partial charge in [-0.3, -0.25) is 19.2 Å². The van der Waals surface area contributed by atoms with E-state index in [0.29, 0.717) is 75.1 Å². The second-order valence-electron chi connectivity index (χ2n) is 29.3. The number of esters is 4. The number of ether oxygens (including phenoxy) is 4. The van der Waals surface area contributed by atoms with Gasteiger partial charge in [-0.1, -0.05) is 374 Å². The number of hydrogen-bond donors (Lipinski definition) is 0. The summed E-state index contributed by atoms with van der Waals surface area (Å²) in [6.07, 6.45) is 105. The van der Waals surface area contributed by atoms with Crippen LogP contribution in [0.25, 0.3) is 0 Å². The largest absolute Gasteiger partial charge is 2.00 e. The van der Waals surface area contributed by atoms with E-state index < -0.39 is 0 Å². The first-order valence-electron chi connectivity index (χ1n) is 44.8. The van der Waals surface area contributed by atoms with Gasteiger partial charge in [-0.2, -0.15) is 13.5 Å². The van der Waals surface area contributed by atoms with Crippen molar-refractivity contribution in [2.75, 3.05) is 49.4 Å². The summed E-state index contributed by atoms with van der Waals surface area (Å²) < 4.78 is 19.9. The first-order chi connectivity index (χ1) is 51.2. The van der Waals surface area contributed by atoms with Crippen LogP contribution in [0.1, 0.15) is 479 Å². The minimum Gasteiger partial charge on any atom is -0.789 e. The van der Waals surface area contributed by atoms with Crippen LogP contribution in [0.3, 0.4) is 0 Å². The van der Waals surface area contributed by atoms with Crippen LogP contribution in [-0.2, 0) is 88.6 Å². The molecule has 0 N–H and O–H groups in total. The summed E-state index contributed by atoms with van der Waals surface area (Å²) in [4.78, 5) is 45.1. The molecule has 0 amide bonds. The van der Waals surface area contributed by atoms with Crippen LogP contribution in [-0.4, -0.2) is 121 Å². The first-order valence-corrected chi connectivity index (χ1v) is 47.1. The zero-order valence-electron chi connectivity index (χ0n) is 70.8. The van der Waals surface area contributed by atoms with Crippen molar-refractivity contribution in [1.82, 2.24) is 0 Å². The van der Waals surface area contributed by atoms with E-state index in [9.17, 15) is 19.2 Å². The van der Waals surface area contributed by atoms with Crippen LogP contribution in [0.15, 0.2) is 48.6 Å². The van der Waals surface area contributed by atoms with Crippen molar-refractivity contribution < 1.29 is 38.1 Å². The topological polar surface area (TPSA) is 105 Å². The Hall–Kier alpha value is 0.187. The minimum atomic E-state index is -0.102. The number of carbonyl (C=O) groups is 4. The quantitative estimate of drug-likeness (QED) is 0.0145. The van der Waals surface area contributed by atoms with Gasteiger partial charge in [0.2, 0.25) is 0 Å². The Morgan fingerprint density at radius 2 is 0.312 bits per heavy atom. The number of rotatable bonds is 80. The average molecular weight is 1840 g/mol. The zero-order chi connectivity index (χ0) is 76.5. The van der Waals surface area contributed by atoms with E-state index in [1.54, 1.807) is 0 Å². The third kappa shape index (κ3) is 132. The normalized spacial score (nSPS) is 10.8. The zero-order valence-corrected chi connectivity index (χ0v) is 80.7. The van der Waals surface area contributed by atoms with E-state index in [4.69, 9.17) is 69.5 Å². The molecule has 0 aliphatic heterocycles. The molecule has 0 rings (SSSR count).